The molecule has 0 bridgehead atoms. The molecule has 2 rings (SSSR count). The molecular formula is C23H31NO. The van der Waals surface area contributed by atoms with Gasteiger partial charge < -0.3 is 4.74 Å². The van der Waals surface area contributed by atoms with Gasteiger partial charge in [-0.25, -0.2) is 0 Å². The minimum absolute atomic E-state index is 0.0673. The lowest BCUT2D eigenvalue weighted by atomic mass is 9.99. The Morgan fingerprint density at radius 1 is 0.880 bits per heavy atom. The van der Waals surface area contributed by atoms with Crippen molar-refractivity contribution in [3.05, 3.63) is 42.0 Å². The highest BCUT2D eigenvalue weighted by Crippen LogP contribution is 2.25. The van der Waals surface area contributed by atoms with Crippen LogP contribution in [-0.2, 0) is 0 Å². The normalized spacial score (nSPS) is 12.0. The predicted octanol–water partition coefficient (Wildman–Crippen LogP) is 6.99. The maximum absolute atomic E-state index is 9.05. The lowest BCUT2D eigenvalue weighted by Crippen LogP contribution is -1.97. The van der Waals surface area contributed by atoms with Gasteiger partial charge >= 0.3 is 0 Å². The molecule has 0 spiro atoms. The summed E-state index contributed by atoms with van der Waals surface area (Å²) >= 11 is 0. The Labute approximate surface area is 152 Å². The van der Waals surface area contributed by atoms with E-state index in [9.17, 15) is 0 Å². The van der Waals surface area contributed by atoms with Crippen LogP contribution in [0.15, 0.2) is 36.4 Å². The minimum atomic E-state index is -0.0673. The molecule has 1 atom stereocenters. The molecule has 0 aliphatic heterocycles. The van der Waals surface area contributed by atoms with Gasteiger partial charge in [0.1, 0.15) is 5.75 Å². The van der Waals surface area contributed by atoms with Crippen LogP contribution in [0.1, 0.15) is 76.7 Å². The lowest BCUT2D eigenvalue weighted by Gasteiger charge is -2.09. The first-order valence-corrected chi connectivity index (χ1v) is 9.80. The number of hydrogen-bond donors (Lipinski definition) is 0. The fourth-order valence-electron chi connectivity index (χ4n) is 3.10. The Bertz CT molecular complexity index is 686. The van der Waals surface area contributed by atoms with Crippen LogP contribution in [0.4, 0.5) is 0 Å². The second-order valence-corrected chi connectivity index (χ2v) is 6.94. The number of unbranched alkanes of at least 4 members (excludes halogenated alkanes) is 7. The zero-order valence-electron chi connectivity index (χ0n) is 15.8. The summed E-state index contributed by atoms with van der Waals surface area (Å²) in [5.41, 5.74) is 1.07. The monoisotopic (exact) mass is 337 g/mol. The van der Waals surface area contributed by atoms with E-state index in [1.165, 1.54) is 55.7 Å². The Balaban J connectivity index is 1.74. The predicted molar refractivity (Wildman–Crippen MR) is 106 cm³/mol. The Kier molecular flexibility index (Phi) is 8.32. The van der Waals surface area contributed by atoms with Crippen molar-refractivity contribution in [2.75, 3.05) is 6.61 Å². The minimum Gasteiger partial charge on any atom is -0.494 e. The van der Waals surface area contributed by atoms with Gasteiger partial charge in [0.25, 0.3) is 0 Å². The fourth-order valence-corrected chi connectivity index (χ4v) is 3.10. The number of nitriles is 1. The molecule has 134 valence electrons. The van der Waals surface area contributed by atoms with E-state index in [4.69, 9.17) is 10.00 Å². The van der Waals surface area contributed by atoms with E-state index in [-0.39, 0.29) is 5.92 Å². The maximum atomic E-state index is 9.05. The van der Waals surface area contributed by atoms with Gasteiger partial charge in [0.2, 0.25) is 0 Å². The molecule has 0 saturated heterocycles. The molecule has 2 aromatic rings. The first kappa shape index (κ1) is 19.3. The van der Waals surface area contributed by atoms with Gasteiger partial charge in [-0.05, 0) is 47.9 Å². The van der Waals surface area contributed by atoms with Crippen LogP contribution in [0.25, 0.3) is 10.8 Å². The summed E-state index contributed by atoms with van der Waals surface area (Å²) in [6, 6.07) is 14.7. The molecule has 0 aromatic heterocycles. The molecule has 0 heterocycles. The van der Waals surface area contributed by atoms with E-state index >= 15 is 0 Å². The van der Waals surface area contributed by atoms with Crippen molar-refractivity contribution in [3.8, 4) is 11.8 Å². The van der Waals surface area contributed by atoms with Crippen LogP contribution in [0.3, 0.4) is 0 Å². The van der Waals surface area contributed by atoms with Crippen LogP contribution in [-0.4, -0.2) is 6.61 Å². The zero-order valence-corrected chi connectivity index (χ0v) is 15.8. The summed E-state index contributed by atoms with van der Waals surface area (Å²) in [6.45, 7) is 4.99. The Morgan fingerprint density at radius 3 is 2.24 bits per heavy atom. The molecule has 0 N–H and O–H groups in total. The summed E-state index contributed by atoms with van der Waals surface area (Å²) < 4.78 is 5.91. The Morgan fingerprint density at radius 2 is 1.52 bits per heavy atom. The number of rotatable bonds is 11. The number of ether oxygens (including phenoxy) is 1. The van der Waals surface area contributed by atoms with Crippen molar-refractivity contribution >= 4 is 10.8 Å². The Hall–Kier alpha value is -2.01. The topological polar surface area (TPSA) is 33.0 Å². The maximum Gasteiger partial charge on any atom is 0.119 e. The second kappa shape index (κ2) is 10.8. The number of fused-ring (bicyclic) bond motifs is 1. The number of benzene rings is 2. The smallest absolute Gasteiger partial charge is 0.119 e. The van der Waals surface area contributed by atoms with Crippen LogP contribution in [0.5, 0.6) is 5.75 Å². The molecule has 0 fully saturated rings. The van der Waals surface area contributed by atoms with E-state index in [2.05, 4.69) is 37.3 Å². The van der Waals surface area contributed by atoms with E-state index in [1.807, 2.05) is 19.1 Å². The van der Waals surface area contributed by atoms with Crippen LogP contribution in [0.2, 0.25) is 0 Å². The molecule has 1 unspecified atom stereocenters. The standard InChI is InChI=1S/C23H31NO/c1-3-4-5-6-7-8-9-10-15-25-23-14-13-21-16-20(19(2)18-24)11-12-22(21)17-23/h11-14,16-17,19H,3-10,15H2,1-2H3. The first-order chi connectivity index (χ1) is 12.2. The van der Waals surface area contributed by atoms with E-state index < -0.39 is 0 Å². The van der Waals surface area contributed by atoms with Gasteiger partial charge in [-0.15, -0.1) is 0 Å². The van der Waals surface area contributed by atoms with Gasteiger partial charge in [-0.1, -0.05) is 70.1 Å². The molecule has 0 amide bonds. The van der Waals surface area contributed by atoms with Crippen molar-refractivity contribution in [1.29, 1.82) is 5.26 Å². The van der Waals surface area contributed by atoms with Gasteiger partial charge in [-0.2, -0.15) is 5.26 Å². The van der Waals surface area contributed by atoms with Crippen molar-refractivity contribution in [1.82, 2.24) is 0 Å². The quantitative estimate of drug-likeness (QED) is 0.414. The molecule has 2 aromatic carbocycles. The van der Waals surface area contributed by atoms with Crippen LogP contribution >= 0.6 is 0 Å². The van der Waals surface area contributed by atoms with E-state index in [0.717, 1.165) is 24.3 Å². The summed E-state index contributed by atoms with van der Waals surface area (Å²) in [4.78, 5) is 0. The van der Waals surface area contributed by atoms with Gasteiger partial charge in [0.05, 0.1) is 18.6 Å². The van der Waals surface area contributed by atoms with Crippen molar-refractivity contribution in [2.45, 2.75) is 71.1 Å². The summed E-state index contributed by atoms with van der Waals surface area (Å²) in [5.74, 6) is 0.874. The SMILES string of the molecule is CCCCCCCCCCOc1ccc2cc(C(C)C#N)ccc2c1. The first-order valence-electron chi connectivity index (χ1n) is 9.80. The number of nitrogens with zero attached hydrogens (tertiary/aromatic N) is 1. The summed E-state index contributed by atoms with van der Waals surface area (Å²) in [7, 11) is 0. The third kappa shape index (κ3) is 6.42. The molecule has 2 nitrogen and oxygen atoms in total. The molecular weight excluding hydrogens is 306 g/mol. The largest absolute Gasteiger partial charge is 0.494 e. The molecule has 0 aliphatic carbocycles. The third-order valence-corrected chi connectivity index (χ3v) is 4.80. The van der Waals surface area contributed by atoms with Crippen molar-refractivity contribution in [3.63, 3.8) is 0 Å². The highest BCUT2D eigenvalue weighted by molar-refractivity contribution is 5.84. The zero-order chi connectivity index (χ0) is 17.9. The highest BCUT2D eigenvalue weighted by atomic mass is 16.5. The van der Waals surface area contributed by atoms with Crippen molar-refractivity contribution < 1.29 is 4.74 Å². The average Bonchev–Trinajstić information content (AvgIpc) is 2.65. The van der Waals surface area contributed by atoms with Gasteiger partial charge in [0.15, 0.2) is 0 Å². The number of hydrogen-bond acceptors (Lipinski definition) is 2. The molecule has 2 heteroatoms. The molecule has 0 radical (unpaired) electrons. The second-order valence-electron chi connectivity index (χ2n) is 6.94. The highest BCUT2D eigenvalue weighted by Gasteiger charge is 2.05. The molecule has 25 heavy (non-hydrogen) atoms. The molecule has 0 saturated carbocycles. The van der Waals surface area contributed by atoms with E-state index in [0.29, 0.717) is 0 Å². The van der Waals surface area contributed by atoms with E-state index in [1.54, 1.807) is 0 Å². The van der Waals surface area contributed by atoms with Crippen LogP contribution in [0, 0.1) is 11.3 Å². The third-order valence-electron chi connectivity index (χ3n) is 4.80. The summed E-state index contributed by atoms with van der Waals surface area (Å²) in [6.07, 6.45) is 10.5. The fraction of sp³-hybridized carbons (Fsp3) is 0.522. The molecule has 0 aliphatic rings. The van der Waals surface area contributed by atoms with Gasteiger partial charge in [-0.3, -0.25) is 0 Å². The summed E-state index contributed by atoms with van der Waals surface area (Å²) in [5, 5.41) is 11.4. The van der Waals surface area contributed by atoms with Crippen LogP contribution < -0.4 is 4.74 Å². The average molecular weight is 338 g/mol. The van der Waals surface area contributed by atoms with Gasteiger partial charge in [0, 0.05) is 0 Å². The lowest BCUT2D eigenvalue weighted by molar-refractivity contribution is 0.304. The van der Waals surface area contributed by atoms with Crippen molar-refractivity contribution in [2.24, 2.45) is 0 Å².